The van der Waals surface area contributed by atoms with Crippen molar-refractivity contribution in [2.75, 3.05) is 41.2 Å². The monoisotopic (exact) mass is 1220 g/mol. The lowest BCUT2D eigenvalue weighted by atomic mass is 9.49. The Morgan fingerprint density at radius 3 is 1.04 bits per heavy atom. The third-order valence-electron chi connectivity index (χ3n) is 12.9. The molecule has 0 amide bonds. The predicted octanol–water partition coefficient (Wildman–Crippen LogP) is 6.73. The van der Waals surface area contributed by atoms with E-state index >= 15 is 0 Å². The molecule has 0 aromatic carbocycles. The molecule has 0 unspecified atom stereocenters. The first-order chi connectivity index (χ1) is 35.1. The normalized spacial score (nSPS) is 18.1. The van der Waals surface area contributed by atoms with Gasteiger partial charge in [-0.3, -0.25) is 14.4 Å². The summed E-state index contributed by atoms with van der Waals surface area (Å²) in [6.07, 6.45) is 9.55. The number of carbonyl (C=O) groups is 3. The summed E-state index contributed by atoms with van der Waals surface area (Å²) in [4.78, 5) is 57.2. The van der Waals surface area contributed by atoms with Gasteiger partial charge in [-0.05, 0) is 168 Å². The Kier molecular flexibility index (Phi) is 27.2. The largest absolute Gasteiger partial charge is 0.498 e. The van der Waals surface area contributed by atoms with Gasteiger partial charge >= 0.3 is 51.1 Å². The standard InChI is InChI=1S/C16H25BN2O5.C12H24B2O4.C10H13BrN2O3.C6H12O3.C4H2BrClN2.B2/c1-14(2,12(20)21-7)10-22-13-18-8-11(9-19-13)17-23-15(3,4)16(5,6)24-17;1-9(2)10(3,4)16-13(15-9)14-17-11(5,6)12(7,8)18-14;1-10(2,8(14)15-3)6-16-9-12-4-7(11)5-13-9;1-6(2,4-7)5(8)9-3;5-3-1-7-4(6)8-2-3;1-2/h8-9H,10H2,1-7H3;1-8H3;4-5H,6H2,1-3H3;7H,4H2,1-3H3;1-2H;. The van der Waals surface area contributed by atoms with Crippen molar-refractivity contribution in [2.24, 2.45) is 16.2 Å². The van der Waals surface area contributed by atoms with Crippen molar-refractivity contribution in [3.8, 4) is 12.0 Å². The van der Waals surface area contributed by atoms with Crippen LogP contribution in [0.5, 0.6) is 12.0 Å². The Bertz CT molecular complexity index is 2220. The van der Waals surface area contributed by atoms with E-state index < -0.39 is 48.6 Å². The summed E-state index contributed by atoms with van der Waals surface area (Å²) >= 11 is 11.7. The molecule has 21 nitrogen and oxygen atoms in total. The minimum Gasteiger partial charge on any atom is -0.469 e. The van der Waals surface area contributed by atoms with Crippen LogP contribution in [0.15, 0.2) is 46.1 Å². The van der Waals surface area contributed by atoms with Crippen LogP contribution in [-0.4, -0.2) is 164 Å². The van der Waals surface area contributed by atoms with E-state index in [0.717, 1.165) is 8.95 Å². The Hall–Kier alpha value is -3.46. The van der Waals surface area contributed by atoms with Crippen molar-refractivity contribution in [1.29, 1.82) is 0 Å². The maximum atomic E-state index is 11.6. The van der Waals surface area contributed by atoms with E-state index in [2.05, 4.69) is 86.7 Å². The first-order valence-corrected chi connectivity index (χ1v) is 26.1. The van der Waals surface area contributed by atoms with Gasteiger partial charge in [0.25, 0.3) is 0 Å². The Labute approximate surface area is 481 Å². The molecule has 4 radical (unpaired) electrons. The molecule has 3 aliphatic rings. The average molecular weight is 1230 g/mol. The van der Waals surface area contributed by atoms with Crippen LogP contribution in [-0.2, 0) is 56.5 Å². The van der Waals surface area contributed by atoms with Gasteiger partial charge in [0, 0.05) is 58.1 Å². The minimum absolute atomic E-state index is 0.121. The third kappa shape index (κ3) is 21.2. The number of aliphatic hydroxyl groups excluding tert-OH is 1. The summed E-state index contributed by atoms with van der Waals surface area (Å²) < 4.78 is 61.9. The highest BCUT2D eigenvalue weighted by atomic mass is 79.9. The maximum absolute atomic E-state index is 11.6. The van der Waals surface area contributed by atoms with E-state index in [1.165, 1.54) is 21.3 Å². The Balaban J connectivity index is 0.000000502. The minimum atomic E-state index is -0.775. The molecular weight excluding hydrogens is 1150 g/mol. The summed E-state index contributed by atoms with van der Waals surface area (Å²) in [7, 11) is 10.5. The van der Waals surface area contributed by atoms with Crippen molar-refractivity contribution >= 4 is 103 Å². The molecule has 0 bridgehead atoms. The van der Waals surface area contributed by atoms with Gasteiger partial charge in [0.1, 0.15) is 13.2 Å². The number of esters is 3. The van der Waals surface area contributed by atoms with E-state index in [9.17, 15) is 14.4 Å². The molecule has 0 atom stereocenters. The molecule has 424 valence electrons. The fraction of sp³-hybridized carbons (Fsp3) is 0.688. The van der Waals surface area contributed by atoms with E-state index in [0.29, 0.717) is 5.46 Å². The second-order valence-corrected chi connectivity index (χ2v) is 24.5. The fourth-order valence-electron chi connectivity index (χ4n) is 5.67. The number of halogens is 3. The number of hydrogen-bond donors (Lipinski definition) is 1. The van der Waals surface area contributed by atoms with Gasteiger partial charge in [0.05, 0.1) is 86.7 Å². The number of methoxy groups -OCH3 is 3. The van der Waals surface area contributed by atoms with Gasteiger partial charge in [-0.1, -0.05) is 0 Å². The van der Waals surface area contributed by atoms with Crippen LogP contribution in [0.4, 0.5) is 0 Å². The number of ether oxygens (including phenoxy) is 5. The molecule has 3 aromatic heterocycles. The van der Waals surface area contributed by atoms with Crippen LogP contribution >= 0.6 is 43.5 Å². The maximum Gasteiger partial charge on any atom is 0.498 e. The van der Waals surface area contributed by atoms with Crippen LogP contribution in [0.2, 0.25) is 5.28 Å². The van der Waals surface area contributed by atoms with Crippen molar-refractivity contribution in [1.82, 2.24) is 29.9 Å². The predicted molar refractivity (Wildman–Crippen MR) is 301 cm³/mol. The van der Waals surface area contributed by atoms with Gasteiger partial charge in [-0.25, -0.2) is 29.9 Å². The number of hydrogen-bond acceptors (Lipinski definition) is 21. The number of carbonyl (C=O) groups excluding carboxylic acids is 3. The molecule has 6 rings (SSSR count). The summed E-state index contributed by atoms with van der Waals surface area (Å²) in [6, 6.07) is 0.424. The first kappa shape index (κ1) is 71.6. The van der Waals surface area contributed by atoms with Crippen LogP contribution in [0.3, 0.4) is 0 Å². The molecular formula is C48H76B5Br2ClN6O15. The highest BCUT2D eigenvalue weighted by molar-refractivity contribution is 9.10. The summed E-state index contributed by atoms with van der Waals surface area (Å²) in [6.45, 7) is 34.4. The van der Waals surface area contributed by atoms with E-state index in [-0.39, 0.29) is 77.4 Å². The molecule has 29 heteroatoms. The second-order valence-electron chi connectivity index (χ2n) is 22.4. The summed E-state index contributed by atoms with van der Waals surface area (Å²) in [5, 5.41) is 8.87. The number of aromatic nitrogens is 6. The molecule has 3 fully saturated rings. The molecule has 1 N–H and O–H groups in total. The quantitative estimate of drug-likeness (QED) is 0.0854. The van der Waals surface area contributed by atoms with Gasteiger partial charge in [-0.2, -0.15) is 0 Å². The van der Waals surface area contributed by atoms with Crippen molar-refractivity contribution < 1.29 is 71.1 Å². The Morgan fingerprint density at radius 2 is 0.779 bits per heavy atom. The lowest BCUT2D eigenvalue weighted by Crippen LogP contribution is -2.41. The van der Waals surface area contributed by atoms with Crippen LogP contribution in [0, 0.1) is 16.2 Å². The average Bonchev–Trinajstić information content (AvgIpc) is 3.83. The van der Waals surface area contributed by atoms with Crippen molar-refractivity contribution in [2.45, 2.75) is 158 Å². The van der Waals surface area contributed by atoms with Gasteiger partial charge < -0.3 is 56.7 Å². The molecule has 0 saturated carbocycles. The molecule has 6 heterocycles. The zero-order valence-corrected chi connectivity index (χ0v) is 52.4. The van der Waals surface area contributed by atoms with Crippen molar-refractivity contribution in [3.05, 3.63) is 51.4 Å². The van der Waals surface area contributed by atoms with Gasteiger partial charge in [-0.15, -0.1) is 0 Å². The number of rotatable bonds is 12. The summed E-state index contributed by atoms with van der Waals surface area (Å²) in [5.41, 5.74) is -3.81. The summed E-state index contributed by atoms with van der Waals surface area (Å²) in [5.74, 6) is -1.06. The molecule has 0 aliphatic carbocycles. The SMILES string of the molecule is CC1(C)OB(B2OC(C)(C)C(C)(C)O2)OC1(C)C.COC(=O)C(C)(C)CO.COC(=O)C(C)(C)COc1ncc(B2OC(C)(C)C(C)(C)O2)cn1.COC(=O)C(C)(C)COc1ncc(Br)cn1.Clc1ncc(Br)cn1.[B][B]. The molecule has 3 aliphatic heterocycles. The zero-order valence-electron chi connectivity index (χ0n) is 48.5. The van der Waals surface area contributed by atoms with E-state index in [4.69, 9.17) is 58.8 Å². The highest BCUT2D eigenvalue weighted by Gasteiger charge is 2.64. The van der Waals surface area contributed by atoms with Gasteiger partial charge in [0.15, 0.2) is 0 Å². The highest BCUT2D eigenvalue weighted by Crippen LogP contribution is 2.43. The molecule has 77 heavy (non-hydrogen) atoms. The molecule has 3 aromatic rings. The molecule has 3 saturated heterocycles. The van der Waals surface area contributed by atoms with Crippen LogP contribution in [0.25, 0.3) is 0 Å². The van der Waals surface area contributed by atoms with E-state index in [1.807, 2.05) is 83.1 Å². The first-order valence-electron chi connectivity index (χ1n) is 24.1. The Morgan fingerprint density at radius 1 is 0.519 bits per heavy atom. The van der Waals surface area contributed by atoms with Crippen LogP contribution in [0.1, 0.15) is 125 Å². The zero-order chi connectivity index (χ0) is 59.8. The lowest BCUT2D eigenvalue weighted by Gasteiger charge is -2.32. The second kappa shape index (κ2) is 29.3. The lowest BCUT2D eigenvalue weighted by molar-refractivity contribution is -0.153. The fourth-order valence-corrected chi connectivity index (χ4v) is 6.18. The van der Waals surface area contributed by atoms with Gasteiger partial charge in [0.2, 0.25) is 5.28 Å². The number of nitrogens with zero attached hydrogens (tertiary/aromatic N) is 6. The third-order valence-corrected chi connectivity index (χ3v) is 13.9. The molecule has 0 spiro atoms. The van der Waals surface area contributed by atoms with Crippen molar-refractivity contribution in [3.63, 3.8) is 0 Å². The topological polar surface area (TPSA) is 250 Å². The van der Waals surface area contributed by atoms with Crippen LogP contribution < -0.4 is 14.9 Å². The number of aliphatic hydroxyl groups is 1. The van der Waals surface area contributed by atoms with E-state index in [1.54, 1.807) is 78.7 Å². The smallest absolute Gasteiger partial charge is 0.469 e.